The molecule has 1 N–H and O–H groups in total. The van der Waals surface area contributed by atoms with Crippen molar-refractivity contribution in [2.24, 2.45) is 0 Å². The van der Waals surface area contributed by atoms with Crippen LogP contribution < -0.4 is 5.32 Å². The maximum absolute atomic E-state index is 12.3. The van der Waals surface area contributed by atoms with Gasteiger partial charge in [-0.3, -0.25) is 4.79 Å². The predicted molar refractivity (Wildman–Crippen MR) is 69.1 cm³/mol. The first-order chi connectivity index (χ1) is 8.06. The van der Waals surface area contributed by atoms with Crippen LogP contribution in [0.2, 0.25) is 0 Å². The fourth-order valence-electron chi connectivity index (χ4n) is 2.45. The first-order valence-electron chi connectivity index (χ1n) is 6.18. The Morgan fingerprint density at radius 1 is 1.29 bits per heavy atom. The van der Waals surface area contributed by atoms with Crippen LogP contribution in [0.3, 0.4) is 0 Å². The number of nitrogens with zero attached hydrogens (tertiary/aromatic N) is 1. The van der Waals surface area contributed by atoms with Crippen LogP contribution in [-0.4, -0.2) is 36.0 Å². The number of amides is 1. The summed E-state index contributed by atoms with van der Waals surface area (Å²) in [6.07, 6.45) is 0. The van der Waals surface area contributed by atoms with Crippen LogP contribution in [0, 0.1) is 6.92 Å². The normalized spacial score (nSPS) is 24.8. The summed E-state index contributed by atoms with van der Waals surface area (Å²) in [5.41, 5.74) is 1.93. The molecule has 1 aromatic carbocycles. The van der Waals surface area contributed by atoms with E-state index < -0.39 is 0 Å². The van der Waals surface area contributed by atoms with Gasteiger partial charge in [-0.25, -0.2) is 0 Å². The largest absolute Gasteiger partial charge is 0.336 e. The zero-order chi connectivity index (χ0) is 12.4. The summed E-state index contributed by atoms with van der Waals surface area (Å²) in [5, 5.41) is 3.43. The molecule has 17 heavy (non-hydrogen) atoms. The molecule has 2 unspecified atom stereocenters. The predicted octanol–water partition coefficient (Wildman–Crippen LogP) is 1.82. The maximum atomic E-state index is 12.3. The number of hydrogen-bond donors (Lipinski definition) is 1. The Labute approximate surface area is 103 Å². The number of benzene rings is 1. The highest BCUT2D eigenvalue weighted by atomic mass is 16.2. The van der Waals surface area contributed by atoms with Gasteiger partial charge in [-0.1, -0.05) is 17.7 Å². The Hall–Kier alpha value is -1.35. The highest BCUT2D eigenvalue weighted by Crippen LogP contribution is 2.11. The molecule has 0 aromatic heterocycles. The lowest BCUT2D eigenvalue weighted by molar-refractivity contribution is 0.0673. The zero-order valence-corrected chi connectivity index (χ0v) is 10.7. The van der Waals surface area contributed by atoms with Crippen LogP contribution in [0.1, 0.15) is 29.8 Å². The quantitative estimate of drug-likeness (QED) is 0.801. The number of nitrogens with one attached hydrogen (secondary N) is 1. The Kier molecular flexibility index (Phi) is 3.48. The van der Waals surface area contributed by atoms with Crippen molar-refractivity contribution in [2.75, 3.05) is 13.1 Å². The van der Waals surface area contributed by atoms with Crippen molar-refractivity contribution in [1.82, 2.24) is 10.2 Å². The van der Waals surface area contributed by atoms with Crippen molar-refractivity contribution in [3.63, 3.8) is 0 Å². The molecule has 3 nitrogen and oxygen atoms in total. The number of carbonyl (C=O) groups excluding carboxylic acids is 1. The van der Waals surface area contributed by atoms with Gasteiger partial charge in [0.2, 0.25) is 0 Å². The van der Waals surface area contributed by atoms with E-state index >= 15 is 0 Å². The molecule has 3 heteroatoms. The van der Waals surface area contributed by atoms with Gasteiger partial charge in [0, 0.05) is 30.7 Å². The minimum Gasteiger partial charge on any atom is -0.336 e. The summed E-state index contributed by atoms with van der Waals surface area (Å²) in [6.45, 7) is 7.83. The van der Waals surface area contributed by atoms with E-state index in [4.69, 9.17) is 0 Å². The van der Waals surface area contributed by atoms with Gasteiger partial charge >= 0.3 is 0 Å². The molecule has 0 spiro atoms. The molecular formula is C14H20N2O. The van der Waals surface area contributed by atoms with Crippen LogP contribution in [0.4, 0.5) is 0 Å². The third kappa shape index (κ3) is 2.86. The molecular weight excluding hydrogens is 212 g/mol. The molecule has 2 rings (SSSR count). The van der Waals surface area contributed by atoms with Gasteiger partial charge in [0.05, 0.1) is 0 Å². The average Bonchev–Trinajstić information content (AvgIpc) is 2.26. The van der Waals surface area contributed by atoms with Crippen molar-refractivity contribution in [1.29, 1.82) is 0 Å². The Bertz CT molecular complexity index is 406. The van der Waals surface area contributed by atoms with Crippen LogP contribution >= 0.6 is 0 Å². The highest BCUT2D eigenvalue weighted by Gasteiger charge is 2.25. The molecule has 1 heterocycles. The van der Waals surface area contributed by atoms with Crippen LogP contribution in [0.15, 0.2) is 24.3 Å². The molecule has 1 aromatic rings. The van der Waals surface area contributed by atoms with Crippen molar-refractivity contribution < 1.29 is 4.79 Å². The lowest BCUT2D eigenvalue weighted by atomic mass is 10.1. The van der Waals surface area contributed by atoms with E-state index in [0.29, 0.717) is 12.1 Å². The summed E-state index contributed by atoms with van der Waals surface area (Å²) in [7, 11) is 0. The molecule has 1 saturated heterocycles. The van der Waals surface area contributed by atoms with E-state index in [0.717, 1.165) is 24.2 Å². The molecule has 1 fully saturated rings. The number of rotatable bonds is 1. The van der Waals surface area contributed by atoms with E-state index in [1.807, 2.05) is 36.1 Å². The second-order valence-corrected chi connectivity index (χ2v) is 5.05. The topological polar surface area (TPSA) is 32.3 Å². The van der Waals surface area contributed by atoms with E-state index in [1.165, 1.54) is 0 Å². The van der Waals surface area contributed by atoms with Crippen LogP contribution in [0.25, 0.3) is 0 Å². The molecule has 1 aliphatic heterocycles. The SMILES string of the molecule is Cc1cccc(C(=O)N2CC(C)NC(C)C2)c1. The summed E-state index contributed by atoms with van der Waals surface area (Å²) < 4.78 is 0. The van der Waals surface area contributed by atoms with Gasteiger partial charge < -0.3 is 10.2 Å². The van der Waals surface area contributed by atoms with Gasteiger partial charge in [-0.15, -0.1) is 0 Å². The standard InChI is InChI=1S/C14H20N2O/c1-10-5-4-6-13(7-10)14(17)16-8-11(2)15-12(3)9-16/h4-7,11-12,15H,8-9H2,1-3H3. The van der Waals surface area contributed by atoms with Crippen molar-refractivity contribution in [3.8, 4) is 0 Å². The first-order valence-corrected chi connectivity index (χ1v) is 6.18. The Balaban J connectivity index is 2.14. The lowest BCUT2D eigenvalue weighted by Gasteiger charge is -2.36. The third-order valence-corrected chi connectivity index (χ3v) is 3.11. The fraction of sp³-hybridized carbons (Fsp3) is 0.500. The zero-order valence-electron chi connectivity index (χ0n) is 10.7. The summed E-state index contributed by atoms with van der Waals surface area (Å²) in [5.74, 6) is 0.147. The first kappa shape index (κ1) is 12.1. The molecule has 0 saturated carbocycles. The second kappa shape index (κ2) is 4.88. The monoisotopic (exact) mass is 232 g/mol. The van der Waals surface area contributed by atoms with Gasteiger partial charge in [0.15, 0.2) is 0 Å². The molecule has 0 radical (unpaired) electrons. The number of carbonyl (C=O) groups is 1. The van der Waals surface area contributed by atoms with Crippen LogP contribution in [0.5, 0.6) is 0 Å². The maximum Gasteiger partial charge on any atom is 0.253 e. The lowest BCUT2D eigenvalue weighted by Crippen LogP contribution is -2.55. The summed E-state index contributed by atoms with van der Waals surface area (Å²) in [4.78, 5) is 14.3. The van der Waals surface area contributed by atoms with Crippen molar-refractivity contribution in [3.05, 3.63) is 35.4 Å². The van der Waals surface area contributed by atoms with Crippen LogP contribution in [-0.2, 0) is 0 Å². The molecule has 1 amide bonds. The molecule has 0 aliphatic carbocycles. The van der Waals surface area contributed by atoms with Gasteiger partial charge in [0.25, 0.3) is 5.91 Å². The number of hydrogen-bond acceptors (Lipinski definition) is 2. The highest BCUT2D eigenvalue weighted by molar-refractivity contribution is 5.94. The fourth-order valence-corrected chi connectivity index (χ4v) is 2.45. The Morgan fingerprint density at radius 2 is 1.94 bits per heavy atom. The third-order valence-electron chi connectivity index (χ3n) is 3.11. The summed E-state index contributed by atoms with van der Waals surface area (Å²) >= 11 is 0. The van der Waals surface area contributed by atoms with Gasteiger partial charge in [-0.2, -0.15) is 0 Å². The minimum absolute atomic E-state index is 0.147. The smallest absolute Gasteiger partial charge is 0.253 e. The molecule has 92 valence electrons. The number of aryl methyl sites for hydroxylation is 1. The minimum atomic E-state index is 0.147. The van der Waals surface area contributed by atoms with E-state index in [9.17, 15) is 4.79 Å². The Morgan fingerprint density at radius 3 is 2.53 bits per heavy atom. The summed E-state index contributed by atoms with van der Waals surface area (Å²) in [6, 6.07) is 8.55. The second-order valence-electron chi connectivity index (χ2n) is 5.05. The number of piperazine rings is 1. The average molecular weight is 232 g/mol. The molecule has 0 bridgehead atoms. The van der Waals surface area contributed by atoms with Crippen molar-refractivity contribution in [2.45, 2.75) is 32.9 Å². The van der Waals surface area contributed by atoms with Gasteiger partial charge in [0.1, 0.15) is 0 Å². The van der Waals surface area contributed by atoms with E-state index in [1.54, 1.807) is 0 Å². The van der Waals surface area contributed by atoms with Gasteiger partial charge in [-0.05, 0) is 32.9 Å². The van der Waals surface area contributed by atoms with E-state index in [-0.39, 0.29) is 5.91 Å². The van der Waals surface area contributed by atoms with Crippen molar-refractivity contribution >= 4 is 5.91 Å². The molecule has 2 atom stereocenters. The molecule has 1 aliphatic rings. The van der Waals surface area contributed by atoms with E-state index in [2.05, 4.69) is 19.2 Å².